The molecule has 1 aromatic carbocycles. The second kappa shape index (κ2) is 4.99. The average Bonchev–Trinajstić information content (AvgIpc) is 2.30. The van der Waals surface area contributed by atoms with E-state index >= 15 is 0 Å². The van der Waals surface area contributed by atoms with Crippen LogP contribution in [0, 0.1) is 13.8 Å². The summed E-state index contributed by atoms with van der Waals surface area (Å²) in [6.45, 7) is 3.44. The van der Waals surface area contributed by atoms with E-state index in [-0.39, 0.29) is 5.91 Å². The van der Waals surface area contributed by atoms with E-state index in [2.05, 4.69) is 0 Å². The number of amides is 1. The molecule has 0 fully saturated rings. The highest BCUT2D eigenvalue weighted by Crippen LogP contribution is 2.30. The number of benzene rings is 1. The van der Waals surface area contributed by atoms with Crippen LogP contribution in [-0.2, 0) is 4.79 Å². The summed E-state index contributed by atoms with van der Waals surface area (Å²) in [5.74, 6) is 0.272. The van der Waals surface area contributed by atoms with Crippen LogP contribution in [-0.4, -0.2) is 31.8 Å². The van der Waals surface area contributed by atoms with E-state index in [9.17, 15) is 4.79 Å². The first-order valence-electron chi connectivity index (χ1n) is 5.04. The standard InChI is InChI=1S/C12H17NO3/c1-8-5-10(13(3)12(15)7-14)11(16-4)6-9(8)2/h5-6,14H,7H2,1-4H3. The fourth-order valence-corrected chi connectivity index (χ4v) is 1.44. The molecule has 0 saturated heterocycles. The molecule has 0 heterocycles. The van der Waals surface area contributed by atoms with E-state index in [1.54, 1.807) is 14.2 Å². The molecule has 0 unspecified atom stereocenters. The monoisotopic (exact) mass is 223 g/mol. The molecule has 0 aliphatic carbocycles. The van der Waals surface area contributed by atoms with Crippen molar-refractivity contribution in [3.63, 3.8) is 0 Å². The molecule has 1 amide bonds. The number of aryl methyl sites for hydroxylation is 2. The molecule has 0 spiro atoms. The Balaban J connectivity index is 3.21. The maximum atomic E-state index is 11.4. The maximum Gasteiger partial charge on any atom is 0.252 e. The van der Waals surface area contributed by atoms with Crippen molar-refractivity contribution in [1.29, 1.82) is 0 Å². The van der Waals surface area contributed by atoms with Crippen molar-refractivity contribution in [3.8, 4) is 5.75 Å². The zero-order valence-corrected chi connectivity index (χ0v) is 10.1. The van der Waals surface area contributed by atoms with Gasteiger partial charge in [0.05, 0.1) is 12.8 Å². The zero-order chi connectivity index (χ0) is 12.3. The summed E-state index contributed by atoms with van der Waals surface area (Å²) in [4.78, 5) is 12.8. The average molecular weight is 223 g/mol. The molecule has 1 rings (SSSR count). The number of hydrogen-bond donors (Lipinski definition) is 1. The first-order chi connectivity index (χ1) is 7.51. The SMILES string of the molecule is COc1cc(C)c(C)cc1N(C)C(=O)CO. The van der Waals surface area contributed by atoms with E-state index in [1.165, 1.54) is 4.90 Å². The van der Waals surface area contributed by atoms with Gasteiger partial charge in [0.2, 0.25) is 0 Å². The number of rotatable bonds is 3. The molecular weight excluding hydrogens is 206 g/mol. The van der Waals surface area contributed by atoms with Gasteiger partial charge in [-0.15, -0.1) is 0 Å². The predicted molar refractivity (Wildman–Crippen MR) is 63.0 cm³/mol. The number of aliphatic hydroxyl groups excluding tert-OH is 1. The Morgan fingerprint density at radius 2 is 1.94 bits per heavy atom. The minimum atomic E-state index is -0.507. The molecule has 16 heavy (non-hydrogen) atoms. The van der Waals surface area contributed by atoms with Crippen LogP contribution in [0.1, 0.15) is 11.1 Å². The van der Waals surface area contributed by atoms with Gasteiger partial charge in [-0.1, -0.05) is 0 Å². The summed E-state index contributed by atoms with van der Waals surface area (Å²) in [6.07, 6.45) is 0. The first-order valence-corrected chi connectivity index (χ1v) is 5.04. The van der Waals surface area contributed by atoms with Crippen LogP contribution in [0.5, 0.6) is 5.75 Å². The molecule has 4 nitrogen and oxygen atoms in total. The summed E-state index contributed by atoms with van der Waals surface area (Å²) >= 11 is 0. The van der Waals surface area contributed by atoms with Crippen molar-refractivity contribution in [1.82, 2.24) is 0 Å². The molecule has 0 radical (unpaired) electrons. The van der Waals surface area contributed by atoms with Crippen LogP contribution < -0.4 is 9.64 Å². The quantitative estimate of drug-likeness (QED) is 0.839. The fourth-order valence-electron chi connectivity index (χ4n) is 1.44. The number of anilines is 1. The molecule has 0 saturated carbocycles. The van der Waals surface area contributed by atoms with Gasteiger partial charge in [-0.05, 0) is 37.1 Å². The minimum Gasteiger partial charge on any atom is -0.495 e. The van der Waals surface area contributed by atoms with Crippen LogP contribution >= 0.6 is 0 Å². The second-order valence-electron chi connectivity index (χ2n) is 3.72. The Morgan fingerprint density at radius 3 is 2.44 bits per heavy atom. The van der Waals surface area contributed by atoms with E-state index in [4.69, 9.17) is 9.84 Å². The lowest BCUT2D eigenvalue weighted by Crippen LogP contribution is -2.29. The summed E-state index contributed by atoms with van der Waals surface area (Å²) in [5.41, 5.74) is 2.85. The molecule has 4 heteroatoms. The van der Waals surface area contributed by atoms with Crippen molar-refractivity contribution in [3.05, 3.63) is 23.3 Å². The highest BCUT2D eigenvalue weighted by molar-refractivity contribution is 5.95. The van der Waals surface area contributed by atoms with Gasteiger partial charge in [-0.25, -0.2) is 0 Å². The molecule has 1 N–H and O–H groups in total. The molecule has 88 valence electrons. The van der Waals surface area contributed by atoms with Crippen molar-refractivity contribution >= 4 is 11.6 Å². The Labute approximate surface area is 95.5 Å². The third-order valence-electron chi connectivity index (χ3n) is 2.67. The topological polar surface area (TPSA) is 49.8 Å². The summed E-state index contributed by atoms with van der Waals surface area (Å²) < 4.78 is 5.22. The molecule has 0 atom stereocenters. The van der Waals surface area contributed by atoms with Gasteiger partial charge in [0.1, 0.15) is 12.4 Å². The highest BCUT2D eigenvalue weighted by Gasteiger charge is 2.15. The van der Waals surface area contributed by atoms with Gasteiger partial charge in [0.15, 0.2) is 0 Å². The number of nitrogens with zero attached hydrogens (tertiary/aromatic N) is 1. The smallest absolute Gasteiger partial charge is 0.252 e. The van der Waals surface area contributed by atoms with Gasteiger partial charge >= 0.3 is 0 Å². The number of methoxy groups -OCH3 is 1. The predicted octanol–water partition coefficient (Wildman–Crippen LogP) is 1.27. The zero-order valence-electron chi connectivity index (χ0n) is 10.1. The summed E-state index contributed by atoms with van der Waals surface area (Å²) in [6, 6.07) is 3.76. The molecular formula is C12H17NO3. The van der Waals surface area contributed by atoms with Crippen molar-refractivity contribution in [2.75, 3.05) is 25.7 Å². The molecule has 1 aromatic rings. The lowest BCUT2D eigenvalue weighted by atomic mass is 10.1. The molecule has 0 aliphatic rings. The van der Waals surface area contributed by atoms with Crippen LogP contribution in [0.15, 0.2) is 12.1 Å². The lowest BCUT2D eigenvalue weighted by molar-refractivity contribution is -0.120. The van der Waals surface area contributed by atoms with Gasteiger partial charge in [0.25, 0.3) is 5.91 Å². The Hall–Kier alpha value is -1.55. The van der Waals surface area contributed by atoms with Crippen LogP contribution in [0.3, 0.4) is 0 Å². The number of ether oxygens (including phenoxy) is 1. The van der Waals surface area contributed by atoms with E-state index in [0.717, 1.165) is 11.1 Å². The molecule has 0 aromatic heterocycles. The van der Waals surface area contributed by atoms with Crippen LogP contribution in [0.2, 0.25) is 0 Å². The number of carbonyl (C=O) groups is 1. The fraction of sp³-hybridized carbons (Fsp3) is 0.417. The molecule has 0 bridgehead atoms. The Bertz CT molecular complexity index is 401. The molecule has 0 aliphatic heterocycles. The Kier molecular flexibility index (Phi) is 3.90. The number of likely N-dealkylation sites (N-methyl/N-ethyl adjacent to an activating group) is 1. The van der Waals surface area contributed by atoms with Gasteiger partial charge in [-0.3, -0.25) is 4.79 Å². The third-order valence-corrected chi connectivity index (χ3v) is 2.67. The van der Waals surface area contributed by atoms with Gasteiger partial charge in [-0.2, -0.15) is 0 Å². The van der Waals surface area contributed by atoms with Gasteiger partial charge < -0.3 is 14.7 Å². The lowest BCUT2D eigenvalue weighted by Gasteiger charge is -2.20. The van der Waals surface area contributed by atoms with Gasteiger partial charge in [0, 0.05) is 7.05 Å². The summed E-state index contributed by atoms with van der Waals surface area (Å²) in [5, 5.41) is 8.82. The number of aliphatic hydroxyl groups is 1. The van der Waals surface area contributed by atoms with E-state index in [1.807, 2.05) is 26.0 Å². The number of carbonyl (C=O) groups excluding carboxylic acids is 1. The first kappa shape index (κ1) is 12.5. The maximum absolute atomic E-state index is 11.4. The van der Waals surface area contributed by atoms with Crippen LogP contribution in [0.25, 0.3) is 0 Å². The van der Waals surface area contributed by atoms with Crippen molar-refractivity contribution < 1.29 is 14.6 Å². The van der Waals surface area contributed by atoms with Crippen molar-refractivity contribution in [2.45, 2.75) is 13.8 Å². The largest absolute Gasteiger partial charge is 0.495 e. The van der Waals surface area contributed by atoms with Crippen molar-refractivity contribution in [2.24, 2.45) is 0 Å². The van der Waals surface area contributed by atoms with Crippen LogP contribution in [0.4, 0.5) is 5.69 Å². The normalized spacial score (nSPS) is 10.1. The second-order valence-corrected chi connectivity index (χ2v) is 3.72. The highest BCUT2D eigenvalue weighted by atomic mass is 16.5. The summed E-state index contributed by atoms with van der Waals surface area (Å²) in [7, 11) is 3.18. The van der Waals surface area contributed by atoms with E-state index in [0.29, 0.717) is 11.4 Å². The third kappa shape index (κ3) is 2.33. The number of hydrogen-bond acceptors (Lipinski definition) is 3. The minimum absolute atomic E-state index is 0.360. The van der Waals surface area contributed by atoms with E-state index < -0.39 is 6.61 Å². The Morgan fingerprint density at radius 1 is 1.38 bits per heavy atom.